The molecule has 0 radical (unpaired) electrons. The number of ketones is 1. The molecule has 3 rings (SSSR count). The molecule has 0 bridgehead atoms. The van der Waals surface area contributed by atoms with Gasteiger partial charge in [0.15, 0.2) is 5.78 Å². The summed E-state index contributed by atoms with van der Waals surface area (Å²) in [5, 5.41) is 3.29. The summed E-state index contributed by atoms with van der Waals surface area (Å²) in [7, 11) is 0. The fourth-order valence-electron chi connectivity index (χ4n) is 4.22. The first kappa shape index (κ1) is 30.8. The molecule has 11 heteroatoms. The molecule has 3 aromatic rings. The summed E-state index contributed by atoms with van der Waals surface area (Å²) >= 11 is 4.80. The predicted molar refractivity (Wildman–Crippen MR) is 153 cm³/mol. The zero-order valence-electron chi connectivity index (χ0n) is 23.4. The van der Waals surface area contributed by atoms with Crippen molar-refractivity contribution in [3.05, 3.63) is 59.2 Å². The Hall–Kier alpha value is -3.73. The van der Waals surface area contributed by atoms with Crippen molar-refractivity contribution in [2.75, 3.05) is 13.2 Å². The maximum atomic E-state index is 13.5. The van der Waals surface area contributed by atoms with Gasteiger partial charge in [-0.3, -0.25) is 14.4 Å². The third kappa shape index (κ3) is 7.68. The number of amides is 1. The first-order valence-corrected chi connectivity index (χ1v) is 13.7. The summed E-state index contributed by atoms with van der Waals surface area (Å²) in [5.41, 5.74) is 2.03. The molecule has 0 aliphatic carbocycles. The van der Waals surface area contributed by atoms with Crippen LogP contribution in [-0.4, -0.2) is 57.8 Å². The van der Waals surface area contributed by atoms with Crippen LogP contribution in [0.15, 0.2) is 36.9 Å². The van der Waals surface area contributed by atoms with E-state index in [1.165, 1.54) is 6.33 Å². The van der Waals surface area contributed by atoms with Gasteiger partial charge in [0, 0.05) is 40.4 Å². The van der Waals surface area contributed by atoms with Gasteiger partial charge >= 0.3 is 11.9 Å². The van der Waals surface area contributed by atoms with Crippen molar-refractivity contribution in [3.8, 4) is 0 Å². The SMILES string of the molecule is CCOC(=O)CC[C@@H](NC(=O)c1ccc(CC(S)c2c[nH]c3ncncc23)cc1C(=O)C(C)(C)C)C(=O)OCC. The van der Waals surface area contributed by atoms with E-state index < -0.39 is 29.3 Å². The fourth-order valence-corrected chi connectivity index (χ4v) is 4.64. The Morgan fingerprint density at radius 1 is 1.07 bits per heavy atom. The molecular formula is C29H36N4O6S. The van der Waals surface area contributed by atoms with E-state index in [1.54, 1.807) is 59.0 Å². The second-order valence-electron chi connectivity index (χ2n) is 10.3. The summed E-state index contributed by atoms with van der Waals surface area (Å²) in [5.74, 6) is -1.99. The lowest BCUT2D eigenvalue weighted by Gasteiger charge is -2.22. The molecule has 0 aliphatic heterocycles. The Balaban J connectivity index is 1.89. The Morgan fingerprint density at radius 3 is 2.48 bits per heavy atom. The van der Waals surface area contributed by atoms with Crippen LogP contribution in [0.5, 0.6) is 0 Å². The minimum atomic E-state index is -1.08. The molecule has 40 heavy (non-hydrogen) atoms. The minimum absolute atomic E-state index is 0.000288. The normalized spacial score (nSPS) is 12.9. The summed E-state index contributed by atoms with van der Waals surface area (Å²) in [4.78, 5) is 62.8. The lowest BCUT2D eigenvalue weighted by Crippen LogP contribution is -2.43. The average Bonchev–Trinajstić information content (AvgIpc) is 3.34. The second-order valence-corrected chi connectivity index (χ2v) is 11.0. The van der Waals surface area contributed by atoms with Crippen LogP contribution < -0.4 is 5.32 Å². The highest BCUT2D eigenvalue weighted by atomic mass is 32.1. The van der Waals surface area contributed by atoms with E-state index in [1.807, 2.05) is 6.20 Å². The van der Waals surface area contributed by atoms with Crippen LogP contribution >= 0.6 is 12.6 Å². The number of ether oxygens (including phenoxy) is 2. The number of rotatable bonds is 12. The molecule has 10 nitrogen and oxygen atoms in total. The number of fused-ring (bicyclic) bond motifs is 1. The van der Waals surface area contributed by atoms with Crippen molar-refractivity contribution in [1.29, 1.82) is 0 Å². The first-order chi connectivity index (χ1) is 19.0. The Bertz CT molecular complexity index is 1380. The molecule has 2 heterocycles. The van der Waals surface area contributed by atoms with Gasteiger partial charge in [0.05, 0.1) is 18.8 Å². The number of nitrogens with zero attached hydrogens (tertiary/aromatic N) is 2. The van der Waals surface area contributed by atoms with Crippen molar-refractivity contribution >= 4 is 47.3 Å². The molecule has 214 valence electrons. The number of carbonyl (C=O) groups excluding carboxylic acids is 4. The van der Waals surface area contributed by atoms with Crippen LogP contribution in [0.3, 0.4) is 0 Å². The monoisotopic (exact) mass is 568 g/mol. The number of Topliss-reactive ketones (excluding diaryl/α,β-unsaturated/α-hetero) is 1. The van der Waals surface area contributed by atoms with Crippen LogP contribution in [0.25, 0.3) is 11.0 Å². The van der Waals surface area contributed by atoms with Crippen molar-refractivity contribution in [3.63, 3.8) is 0 Å². The molecule has 0 spiro atoms. The number of aromatic nitrogens is 3. The van der Waals surface area contributed by atoms with E-state index in [9.17, 15) is 19.2 Å². The number of thiol groups is 1. The summed E-state index contributed by atoms with van der Waals surface area (Å²) < 4.78 is 10.0. The molecule has 1 amide bonds. The molecule has 0 saturated heterocycles. The van der Waals surface area contributed by atoms with Crippen molar-refractivity contribution in [2.24, 2.45) is 5.41 Å². The van der Waals surface area contributed by atoms with Crippen LogP contribution in [0.2, 0.25) is 0 Å². The van der Waals surface area contributed by atoms with Gasteiger partial charge in [-0.05, 0) is 49.9 Å². The molecule has 0 aliphatic rings. The Morgan fingerprint density at radius 2 is 1.80 bits per heavy atom. The van der Waals surface area contributed by atoms with Crippen molar-refractivity contribution < 1.29 is 28.7 Å². The van der Waals surface area contributed by atoms with E-state index in [0.29, 0.717) is 12.1 Å². The summed E-state index contributed by atoms with van der Waals surface area (Å²) in [6, 6.07) is 3.96. The van der Waals surface area contributed by atoms with Gasteiger partial charge in [0.1, 0.15) is 18.0 Å². The lowest BCUT2D eigenvalue weighted by molar-refractivity contribution is -0.146. The van der Waals surface area contributed by atoms with Crippen molar-refractivity contribution in [1.82, 2.24) is 20.3 Å². The fraction of sp³-hybridized carbons (Fsp3) is 0.448. The lowest BCUT2D eigenvalue weighted by atomic mass is 9.83. The van der Waals surface area contributed by atoms with Gasteiger partial charge < -0.3 is 19.8 Å². The van der Waals surface area contributed by atoms with Gasteiger partial charge in [-0.15, -0.1) is 0 Å². The molecule has 0 saturated carbocycles. The molecule has 1 unspecified atom stereocenters. The van der Waals surface area contributed by atoms with Gasteiger partial charge in [-0.25, -0.2) is 14.8 Å². The third-order valence-electron chi connectivity index (χ3n) is 6.25. The molecular weight excluding hydrogens is 532 g/mol. The third-order valence-corrected chi connectivity index (χ3v) is 6.71. The zero-order chi connectivity index (χ0) is 29.4. The largest absolute Gasteiger partial charge is 0.466 e. The van der Waals surface area contributed by atoms with Crippen molar-refractivity contribution in [2.45, 2.75) is 65.2 Å². The first-order valence-electron chi connectivity index (χ1n) is 13.2. The maximum Gasteiger partial charge on any atom is 0.328 e. The quantitative estimate of drug-likeness (QED) is 0.166. The van der Waals surface area contributed by atoms with E-state index in [0.717, 1.165) is 16.5 Å². The average molecular weight is 569 g/mol. The Kier molecular flexibility index (Phi) is 10.4. The molecule has 1 aromatic carbocycles. The highest BCUT2D eigenvalue weighted by Crippen LogP contribution is 2.31. The van der Waals surface area contributed by atoms with E-state index in [-0.39, 0.29) is 48.2 Å². The van der Waals surface area contributed by atoms with Gasteiger partial charge in [0.2, 0.25) is 0 Å². The number of aromatic amines is 1. The summed E-state index contributed by atoms with van der Waals surface area (Å²) in [6.45, 7) is 8.98. The highest BCUT2D eigenvalue weighted by molar-refractivity contribution is 7.80. The molecule has 0 fully saturated rings. The molecule has 2 N–H and O–H groups in total. The van der Waals surface area contributed by atoms with E-state index in [4.69, 9.17) is 22.1 Å². The van der Waals surface area contributed by atoms with E-state index in [2.05, 4.69) is 20.3 Å². The maximum absolute atomic E-state index is 13.5. The minimum Gasteiger partial charge on any atom is -0.466 e. The second kappa shape index (κ2) is 13.6. The summed E-state index contributed by atoms with van der Waals surface area (Å²) in [6.07, 6.45) is 5.43. The zero-order valence-corrected chi connectivity index (χ0v) is 24.3. The number of hydrogen-bond donors (Lipinski definition) is 3. The number of nitrogens with one attached hydrogen (secondary N) is 2. The van der Waals surface area contributed by atoms with Crippen LogP contribution in [0.1, 0.15) is 84.6 Å². The number of hydrogen-bond acceptors (Lipinski definition) is 9. The highest BCUT2D eigenvalue weighted by Gasteiger charge is 2.30. The predicted octanol–water partition coefficient (Wildman–Crippen LogP) is 4.41. The van der Waals surface area contributed by atoms with Gasteiger partial charge in [-0.1, -0.05) is 26.8 Å². The van der Waals surface area contributed by atoms with Crippen LogP contribution in [0, 0.1) is 5.41 Å². The van der Waals surface area contributed by atoms with Gasteiger partial charge in [0.25, 0.3) is 5.91 Å². The topological polar surface area (TPSA) is 140 Å². The smallest absolute Gasteiger partial charge is 0.328 e. The standard InChI is InChI=1S/C29H36N4O6S/c1-6-38-24(34)11-10-22(28(37)39-7-2)33-27(36)18-9-8-17(12-19(18)25(35)29(3,4)5)13-23(40)20-15-31-26-21(20)14-30-16-32-26/h8-9,12,14-16,22-23,40H,6-7,10-11,13H2,1-5H3,(H,33,36)(H,30,31,32)/t22-,23?/m1/s1. The van der Waals surface area contributed by atoms with Crippen LogP contribution in [0.4, 0.5) is 0 Å². The number of esters is 2. The number of carbonyl (C=O) groups is 4. The molecule has 2 aromatic heterocycles. The Labute approximate surface area is 239 Å². The van der Waals surface area contributed by atoms with E-state index >= 15 is 0 Å². The van der Waals surface area contributed by atoms with Crippen LogP contribution in [-0.2, 0) is 25.5 Å². The van der Waals surface area contributed by atoms with Gasteiger partial charge in [-0.2, -0.15) is 12.6 Å². The number of benzene rings is 1. The molecule has 2 atom stereocenters. The number of H-pyrrole nitrogens is 1.